The highest BCUT2D eigenvalue weighted by molar-refractivity contribution is 6.13. The van der Waals surface area contributed by atoms with Crippen LogP contribution in [0.4, 0.5) is 0 Å². The molecule has 7 nitrogen and oxygen atoms in total. The molecule has 0 aliphatic carbocycles. The van der Waals surface area contributed by atoms with Crippen molar-refractivity contribution < 1.29 is 18.9 Å². The molecule has 0 saturated heterocycles. The number of aromatic nitrogens is 3. The van der Waals surface area contributed by atoms with Gasteiger partial charge in [-0.1, -0.05) is 12.1 Å². The third kappa shape index (κ3) is 2.73. The van der Waals surface area contributed by atoms with E-state index in [4.69, 9.17) is 28.9 Å². The second-order valence-electron chi connectivity index (χ2n) is 6.94. The zero-order valence-electron chi connectivity index (χ0n) is 17.7. The lowest BCUT2D eigenvalue weighted by Crippen LogP contribution is -1.98. The predicted octanol–water partition coefficient (Wildman–Crippen LogP) is 4.74. The molecular weight excluding hydrogens is 394 g/mol. The van der Waals surface area contributed by atoms with Gasteiger partial charge in [-0.05, 0) is 36.4 Å². The van der Waals surface area contributed by atoms with Gasteiger partial charge in [0.25, 0.3) is 0 Å². The van der Waals surface area contributed by atoms with Crippen LogP contribution in [0.3, 0.4) is 0 Å². The lowest BCUT2D eigenvalue weighted by Gasteiger charge is -2.16. The highest BCUT2D eigenvalue weighted by Crippen LogP contribution is 2.45. The topological polar surface area (TPSA) is 67.1 Å². The summed E-state index contributed by atoms with van der Waals surface area (Å²) in [4.78, 5) is 9.89. The molecule has 7 heteroatoms. The standard InChI is InChI=1S/C24H21N3O4/c1-28-16-9-7-8-15(22(16)30-3)20-14-11-12-17(29-2)23(31-4)19(14)21-24(26-20)27-13-6-5-10-18(27)25-21/h5-13H,1-4H3. The maximum absolute atomic E-state index is 5.79. The molecule has 0 fully saturated rings. The molecule has 0 N–H and O–H groups in total. The number of hydrogen-bond donors (Lipinski definition) is 0. The van der Waals surface area contributed by atoms with Gasteiger partial charge in [0.15, 0.2) is 28.6 Å². The first-order chi connectivity index (χ1) is 15.2. The molecule has 0 bridgehead atoms. The first-order valence-corrected chi connectivity index (χ1v) is 9.74. The van der Waals surface area contributed by atoms with Crippen LogP contribution in [0.2, 0.25) is 0 Å². The summed E-state index contributed by atoms with van der Waals surface area (Å²) in [5, 5.41) is 1.70. The van der Waals surface area contributed by atoms with E-state index in [-0.39, 0.29) is 0 Å². The van der Waals surface area contributed by atoms with E-state index >= 15 is 0 Å². The Hall–Kier alpha value is -4.00. The van der Waals surface area contributed by atoms with Gasteiger partial charge in [0.05, 0.1) is 39.5 Å². The van der Waals surface area contributed by atoms with Crippen LogP contribution in [-0.4, -0.2) is 42.8 Å². The van der Waals surface area contributed by atoms with E-state index in [2.05, 4.69) is 0 Å². The van der Waals surface area contributed by atoms with Gasteiger partial charge in [-0.25, -0.2) is 9.97 Å². The molecule has 3 heterocycles. The second kappa shape index (κ2) is 7.36. The minimum Gasteiger partial charge on any atom is -0.493 e. The third-order valence-electron chi connectivity index (χ3n) is 5.42. The van der Waals surface area contributed by atoms with Crippen LogP contribution in [0.1, 0.15) is 0 Å². The number of para-hydroxylation sites is 1. The number of nitrogens with zero attached hydrogens (tertiary/aromatic N) is 3. The van der Waals surface area contributed by atoms with Crippen molar-refractivity contribution in [2.24, 2.45) is 0 Å². The van der Waals surface area contributed by atoms with Gasteiger partial charge < -0.3 is 18.9 Å². The number of methoxy groups -OCH3 is 4. The van der Waals surface area contributed by atoms with Crippen molar-refractivity contribution in [1.82, 2.24) is 14.4 Å². The first kappa shape index (κ1) is 19.0. The summed E-state index contributed by atoms with van der Waals surface area (Å²) in [5.41, 5.74) is 3.81. The van der Waals surface area contributed by atoms with Crippen molar-refractivity contribution in [3.8, 4) is 34.3 Å². The molecule has 0 radical (unpaired) electrons. The number of imidazole rings is 1. The van der Waals surface area contributed by atoms with Gasteiger partial charge in [0.1, 0.15) is 11.2 Å². The normalized spacial score (nSPS) is 11.2. The van der Waals surface area contributed by atoms with E-state index in [9.17, 15) is 0 Å². The summed E-state index contributed by atoms with van der Waals surface area (Å²) < 4.78 is 24.5. The monoisotopic (exact) mass is 415 g/mol. The molecule has 0 aliphatic heterocycles. The Labute approximate surface area is 178 Å². The van der Waals surface area contributed by atoms with Gasteiger partial charge in [-0.15, -0.1) is 0 Å². The molecular formula is C24H21N3O4. The van der Waals surface area contributed by atoms with Crippen molar-refractivity contribution in [1.29, 1.82) is 0 Å². The number of hydrogen-bond acceptors (Lipinski definition) is 6. The number of benzene rings is 2. The zero-order chi connectivity index (χ0) is 21.5. The van der Waals surface area contributed by atoms with Gasteiger partial charge in [-0.3, -0.25) is 4.40 Å². The Morgan fingerprint density at radius 1 is 0.710 bits per heavy atom. The quantitative estimate of drug-likeness (QED) is 0.413. The fourth-order valence-corrected chi connectivity index (χ4v) is 4.06. The molecule has 0 spiro atoms. The van der Waals surface area contributed by atoms with E-state index in [0.717, 1.165) is 38.8 Å². The lowest BCUT2D eigenvalue weighted by atomic mass is 10.0. The van der Waals surface area contributed by atoms with Crippen LogP contribution in [-0.2, 0) is 0 Å². The summed E-state index contributed by atoms with van der Waals surface area (Å²) in [7, 11) is 6.50. The average Bonchev–Trinajstić information content (AvgIpc) is 3.20. The highest BCUT2D eigenvalue weighted by Gasteiger charge is 2.23. The maximum atomic E-state index is 5.79. The first-order valence-electron chi connectivity index (χ1n) is 9.74. The Morgan fingerprint density at radius 2 is 1.48 bits per heavy atom. The highest BCUT2D eigenvalue weighted by atomic mass is 16.5. The van der Waals surface area contributed by atoms with E-state index < -0.39 is 0 Å². The molecule has 31 heavy (non-hydrogen) atoms. The predicted molar refractivity (Wildman–Crippen MR) is 120 cm³/mol. The minimum atomic E-state index is 0.610. The molecule has 5 rings (SSSR count). The zero-order valence-corrected chi connectivity index (χ0v) is 17.7. The third-order valence-corrected chi connectivity index (χ3v) is 5.42. The van der Waals surface area contributed by atoms with Crippen LogP contribution in [0, 0.1) is 0 Å². The van der Waals surface area contributed by atoms with E-state index in [0.29, 0.717) is 23.0 Å². The van der Waals surface area contributed by atoms with Crippen molar-refractivity contribution in [2.75, 3.05) is 28.4 Å². The number of ether oxygens (including phenoxy) is 4. The summed E-state index contributed by atoms with van der Waals surface area (Å²) in [6, 6.07) is 15.5. The lowest BCUT2D eigenvalue weighted by molar-refractivity contribution is 0.356. The van der Waals surface area contributed by atoms with Crippen LogP contribution < -0.4 is 18.9 Å². The summed E-state index contributed by atoms with van der Waals surface area (Å²) >= 11 is 0. The van der Waals surface area contributed by atoms with E-state index in [1.165, 1.54) is 0 Å². The Morgan fingerprint density at radius 3 is 2.23 bits per heavy atom. The van der Waals surface area contributed by atoms with Crippen molar-refractivity contribution in [3.05, 3.63) is 54.7 Å². The Balaban J connectivity index is 2.02. The molecule has 2 aromatic carbocycles. The average molecular weight is 415 g/mol. The van der Waals surface area contributed by atoms with Crippen LogP contribution >= 0.6 is 0 Å². The van der Waals surface area contributed by atoms with Gasteiger partial charge >= 0.3 is 0 Å². The summed E-state index contributed by atoms with van der Waals surface area (Å²) in [5.74, 6) is 2.48. The molecule has 5 aromatic rings. The Kier molecular flexibility index (Phi) is 4.51. The van der Waals surface area contributed by atoms with Crippen molar-refractivity contribution in [2.45, 2.75) is 0 Å². The second-order valence-corrected chi connectivity index (χ2v) is 6.94. The Bertz CT molecular complexity index is 1440. The fraction of sp³-hybridized carbons (Fsp3) is 0.167. The molecule has 3 aromatic heterocycles. The van der Waals surface area contributed by atoms with Gasteiger partial charge in [-0.2, -0.15) is 0 Å². The van der Waals surface area contributed by atoms with Gasteiger partial charge in [0, 0.05) is 17.1 Å². The molecule has 0 atom stereocenters. The van der Waals surface area contributed by atoms with Crippen LogP contribution in [0.25, 0.3) is 38.8 Å². The summed E-state index contributed by atoms with van der Waals surface area (Å²) in [6.07, 6.45) is 1.95. The van der Waals surface area contributed by atoms with E-state index in [1.54, 1.807) is 28.4 Å². The summed E-state index contributed by atoms with van der Waals surface area (Å²) in [6.45, 7) is 0. The largest absolute Gasteiger partial charge is 0.493 e. The molecule has 0 unspecified atom stereocenters. The number of fused-ring (bicyclic) bond motifs is 5. The van der Waals surface area contributed by atoms with Crippen LogP contribution in [0.5, 0.6) is 23.0 Å². The van der Waals surface area contributed by atoms with Crippen molar-refractivity contribution >= 4 is 27.6 Å². The SMILES string of the molecule is COc1cccc(-c2nc3c(nc4ccccn43)c3c(OC)c(OC)ccc23)c1OC. The fourth-order valence-electron chi connectivity index (χ4n) is 4.06. The van der Waals surface area contributed by atoms with Crippen molar-refractivity contribution in [3.63, 3.8) is 0 Å². The van der Waals surface area contributed by atoms with Gasteiger partial charge in [0.2, 0.25) is 0 Å². The molecule has 0 aliphatic rings. The van der Waals surface area contributed by atoms with Crippen LogP contribution in [0.15, 0.2) is 54.7 Å². The maximum Gasteiger partial charge on any atom is 0.170 e. The molecule has 156 valence electrons. The molecule has 0 amide bonds. The number of pyridine rings is 2. The molecule has 0 saturated carbocycles. The minimum absolute atomic E-state index is 0.610. The van der Waals surface area contributed by atoms with E-state index in [1.807, 2.05) is 59.1 Å². The smallest absolute Gasteiger partial charge is 0.170 e. The number of rotatable bonds is 5.